The van der Waals surface area contributed by atoms with Crippen molar-refractivity contribution < 1.29 is 14.2 Å². The number of hydrogen-bond acceptors (Lipinski definition) is 7. The molecule has 0 radical (unpaired) electrons. The maximum Gasteiger partial charge on any atom is 0.229 e. The van der Waals surface area contributed by atoms with Crippen molar-refractivity contribution in [2.45, 2.75) is 31.7 Å². The molecule has 4 aromatic rings. The number of nitrogens with zero attached hydrogens (tertiary/aromatic N) is 4. The molecule has 2 aromatic carbocycles. The van der Waals surface area contributed by atoms with E-state index in [4.69, 9.17) is 14.7 Å². The van der Waals surface area contributed by atoms with Crippen LogP contribution in [0.4, 0.5) is 27.7 Å². The summed E-state index contributed by atoms with van der Waals surface area (Å²) >= 11 is 0. The number of ether oxygens (including phenoxy) is 1. The molecule has 1 fully saturated rings. The first kappa shape index (κ1) is 22.1. The Morgan fingerprint density at radius 1 is 1.03 bits per heavy atom. The molecular formula is C25H27FN6O2. The number of halogens is 1. The van der Waals surface area contributed by atoms with Crippen molar-refractivity contribution >= 4 is 34.4 Å². The summed E-state index contributed by atoms with van der Waals surface area (Å²) in [6, 6.07) is 14.2. The molecule has 1 aliphatic carbocycles. The highest BCUT2D eigenvalue weighted by Gasteiger charge is 2.27. The average molecular weight is 463 g/mol. The summed E-state index contributed by atoms with van der Waals surface area (Å²) in [6.07, 6.45) is 5.28. The third kappa shape index (κ3) is 4.51. The molecule has 2 heterocycles. The summed E-state index contributed by atoms with van der Waals surface area (Å²) in [4.78, 5) is 13.9. The Morgan fingerprint density at radius 3 is 2.50 bits per heavy atom. The van der Waals surface area contributed by atoms with Gasteiger partial charge in [-0.05, 0) is 68.0 Å². The van der Waals surface area contributed by atoms with Crippen molar-refractivity contribution in [2.24, 2.45) is 5.92 Å². The van der Waals surface area contributed by atoms with Gasteiger partial charge in [-0.15, -0.1) is 0 Å². The van der Waals surface area contributed by atoms with E-state index in [0.717, 1.165) is 37.1 Å². The molecule has 1 aliphatic rings. The van der Waals surface area contributed by atoms with Crippen LogP contribution in [0.2, 0.25) is 0 Å². The summed E-state index contributed by atoms with van der Waals surface area (Å²) in [5, 5.41) is 15.9. The number of benzene rings is 2. The van der Waals surface area contributed by atoms with E-state index in [1.54, 1.807) is 31.5 Å². The number of imidazole rings is 1. The van der Waals surface area contributed by atoms with Gasteiger partial charge in [0.1, 0.15) is 17.1 Å². The number of aliphatic hydroxyl groups excluding tert-OH is 1. The molecule has 5 rings (SSSR count). The molecule has 1 saturated carbocycles. The Bertz CT molecular complexity index is 1270. The van der Waals surface area contributed by atoms with Crippen LogP contribution < -0.4 is 15.4 Å². The van der Waals surface area contributed by atoms with Crippen molar-refractivity contribution in [2.75, 3.05) is 24.4 Å². The van der Waals surface area contributed by atoms with Crippen molar-refractivity contribution in [1.82, 2.24) is 19.5 Å². The zero-order valence-corrected chi connectivity index (χ0v) is 18.9. The highest BCUT2D eigenvalue weighted by atomic mass is 19.1. The fraction of sp³-hybridized carbons (Fsp3) is 0.320. The van der Waals surface area contributed by atoms with E-state index in [0.29, 0.717) is 34.7 Å². The fourth-order valence-electron chi connectivity index (χ4n) is 4.46. The molecule has 0 amide bonds. The lowest BCUT2D eigenvalue weighted by Gasteiger charge is -2.29. The van der Waals surface area contributed by atoms with Gasteiger partial charge in [-0.2, -0.15) is 4.98 Å². The predicted octanol–water partition coefficient (Wildman–Crippen LogP) is 5.18. The highest BCUT2D eigenvalue weighted by molar-refractivity contribution is 5.77. The van der Waals surface area contributed by atoms with Gasteiger partial charge in [0.25, 0.3) is 0 Å². The van der Waals surface area contributed by atoms with E-state index in [2.05, 4.69) is 20.2 Å². The molecule has 3 N–H and O–H groups in total. The quantitative estimate of drug-likeness (QED) is 0.348. The Labute approximate surface area is 196 Å². The van der Waals surface area contributed by atoms with Gasteiger partial charge in [-0.3, -0.25) is 4.57 Å². The van der Waals surface area contributed by atoms with Crippen molar-refractivity contribution in [3.8, 4) is 5.75 Å². The molecule has 0 saturated heterocycles. The number of anilines is 4. The van der Waals surface area contributed by atoms with Crippen molar-refractivity contribution in [3.05, 3.63) is 60.5 Å². The van der Waals surface area contributed by atoms with Gasteiger partial charge in [0.05, 0.1) is 19.0 Å². The number of hydrogen-bond donors (Lipinski definition) is 3. The maximum atomic E-state index is 14.4. The van der Waals surface area contributed by atoms with Crippen LogP contribution in [0, 0.1) is 11.7 Å². The standard InChI is InChI=1S/C25H27FN6O2/c1-34-19-12-8-17(9-13-19)28-24-27-14-22-23(31-24)32(18-10-6-16(15-33)7-11-18)25(30-22)29-21-5-3-2-4-20(21)26/h2-5,8-9,12-14,16,18,33H,6-7,10-11,15H2,1H3,(H,29,30)(H,27,28,31)/t16-,18+. The van der Waals surface area contributed by atoms with E-state index >= 15 is 0 Å². The van der Waals surface area contributed by atoms with Gasteiger partial charge >= 0.3 is 0 Å². The molecule has 0 spiro atoms. The number of para-hydroxylation sites is 1. The van der Waals surface area contributed by atoms with E-state index < -0.39 is 0 Å². The Kier molecular flexibility index (Phi) is 6.27. The molecule has 0 aliphatic heterocycles. The first-order chi connectivity index (χ1) is 16.6. The van der Waals surface area contributed by atoms with Crippen molar-refractivity contribution in [3.63, 3.8) is 0 Å². The average Bonchev–Trinajstić information content (AvgIpc) is 3.23. The van der Waals surface area contributed by atoms with E-state index in [9.17, 15) is 9.50 Å². The fourth-order valence-corrected chi connectivity index (χ4v) is 4.46. The molecule has 0 bridgehead atoms. The first-order valence-corrected chi connectivity index (χ1v) is 11.4. The molecule has 9 heteroatoms. The summed E-state index contributed by atoms with van der Waals surface area (Å²) in [5.74, 6) is 1.71. The summed E-state index contributed by atoms with van der Waals surface area (Å²) in [6.45, 7) is 0.204. The van der Waals surface area contributed by atoms with Gasteiger partial charge in [0, 0.05) is 18.3 Å². The van der Waals surface area contributed by atoms with Crippen LogP contribution in [-0.2, 0) is 0 Å². The molecule has 34 heavy (non-hydrogen) atoms. The van der Waals surface area contributed by atoms with E-state index in [-0.39, 0.29) is 18.5 Å². The minimum Gasteiger partial charge on any atom is -0.497 e. The van der Waals surface area contributed by atoms with Crippen molar-refractivity contribution in [1.29, 1.82) is 0 Å². The molecule has 176 valence electrons. The normalized spacial score (nSPS) is 18.1. The zero-order valence-electron chi connectivity index (χ0n) is 18.9. The molecule has 8 nitrogen and oxygen atoms in total. The topological polar surface area (TPSA) is 97.1 Å². The van der Waals surface area contributed by atoms with Gasteiger partial charge in [-0.25, -0.2) is 14.4 Å². The maximum absolute atomic E-state index is 14.4. The number of nitrogens with one attached hydrogen (secondary N) is 2. The van der Waals surface area contributed by atoms with E-state index in [1.807, 2.05) is 24.3 Å². The summed E-state index contributed by atoms with van der Waals surface area (Å²) in [7, 11) is 1.63. The molecule has 0 unspecified atom stereocenters. The third-order valence-corrected chi connectivity index (χ3v) is 6.34. The first-order valence-electron chi connectivity index (χ1n) is 11.4. The lowest BCUT2D eigenvalue weighted by atomic mass is 9.86. The smallest absolute Gasteiger partial charge is 0.229 e. The van der Waals surface area contributed by atoms with Gasteiger partial charge < -0.3 is 20.5 Å². The number of rotatable bonds is 7. The van der Waals surface area contributed by atoms with Crippen LogP contribution in [0.1, 0.15) is 31.7 Å². The third-order valence-electron chi connectivity index (χ3n) is 6.34. The minimum absolute atomic E-state index is 0.130. The highest BCUT2D eigenvalue weighted by Crippen LogP contribution is 2.37. The summed E-state index contributed by atoms with van der Waals surface area (Å²) < 4.78 is 21.7. The van der Waals surface area contributed by atoms with E-state index in [1.165, 1.54) is 6.07 Å². The zero-order chi connectivity index (χ0) is 23.5. The van der Waals surface area contributed by atoms with Gasteiger partial charge in [0.2, 0.25) is 11.9 Å². The summed E-state index contributed by atoms with van der Waals surface area (Å²) in [5.41, 5.74) is 2.49. The van der Waals surface area contributed by atoms with Crippen LogP contribution in [0.25, 0.3) is 11.2 Å². The SMILES string of the molecule is COc1ccc(Nc2ncc3nc(Nc4ccccc4F)n([C@H]4CC[C@@H](CO)CC4)c3n2)cc1. The second kappa shape index (κ2) is 9.64. The lowest BCUT2D eigenvalue weighted by Crippen LogP contribution is -2.21. The second-order valence-electron chi connectivity index (χ2n) is 8.52. The monoisotopic (exact) mass is 462 g/mol. The number of methoxy groups -OCH3 is 1. The van der Waals surface area contributed by atoms with Crippen LogP contribution in [0.3, 0.4) is 0 Å². The molecule has 2 aromatic heterocycles. The van der Waals surface area contributed by atoms with Crippen LogP contribution in [-0.4, -0.2) is 38.3 Å². The van der Waals surface area contributed by atoms with Gasteiger partial charge in [0.15, 0.2) is 5.65 Å². The lowest BCUT2D eigenvalue weighted by molar-refractivity contribution is 0.170. The number of aromatic nitrogens is 4. The Balaban J connectivity index is 1.51. The Morgan fingerprint density at radius 2 is 1.79 bits per heavy atom. The van der Waals surface area contributed by atoms with Crippen LogP contribution in [0.5, 0.6) is 5.75 Å². The second-order valence-corrected chi connectivity index (χ2v) is 8.52. The number of aliphatic hydroxyl groups is 1. The van der Waals surface area contributed by atoms with Gasteiger partial charge in [-0.1, -0.05) is 12.1 Å². The molecule has 0 atom stereocenters. The largest absolute Gasteiger partial charge is 0.497 e. The molecular weight excluding hydrogens is 435 g/mol. The number of fused-ring (bicyclic) bond motifs is 1. The van der Waals surface area contributed by atoms with Crippen LogP contribution in [0.15, 0.2) is 54.7 Å². The Hall–Kier alpha value is -3.72. The minimum atomic E-state index is -0.349. The predicted molar refractivity (Wildman–Crippen MR) is 129 cm³/mol. The van der Waals surface area contributed by atoms with Crippen LogP contribution >= 0.6 is 0 Å².